The lowest BCUT2D eigenvalue weighted by molar-refractivity contribution is -0.138. The molecule has 3 aliphatic rings. The van der Waals surface area contributed by atoms with Crippen molar-refractivity contribution < 1.29 is 9.59 Å². The van der Waals surface area contributed by atoms with E-state index in [1.807, 2.05) is 19.0 Å². The molecule has 3 amide bonds. The summed E-state index contributed by atoms with van der Waals surface area (Å²) in [4.78, 5) is 29.1. The molecule has 1 N–H and O–H groups in total. The number of urea groups is 1. The van der Waals surface area contributed by atoms with Gasteiger partial charge in [-0.05, 0) is 50.4 Å². The minimum Gasteiger partial charge on any atom is -0.348 e. The van der Waals surface area contributed by atoms with Gasteiger partial charge in [0.05, 0.1) is 5.41 Å². The van der Waals surface area contributed by atoms with Crippen LogP contribution in [0.1, 0.15) is 57.8 Å². The first-order valence-electron chi connectivity index (χ1n) is 9.86. The molecule has 140 valence electrons. The molecule has 0 bridgehead atoms. The van der Waals surface area contributed by atoms with Crippen LogP contribution in [0.2, 0.25) is 0 Å². The predicted octanol–water partition coefficient (Wildman–Crippen LogP) is 3.17. The second-order valence-electron chi connectivity index (χ2n) is 8.59. The van der Waals surface area contributed by atoms with Gasteiger partial charge >= 0.3 is 6.03 Å². The minimum absolute atomic E-state index is 0.0199. The number of hydrogen-bond acceptors (Lipinski definition) is 2. The summed E-state index contributed by atoms with van der Waals surface area (Å²) in [5.41, 5.74) is -0.102. The van der Waals surface area contributed by atoms with Gasteiger partial charge in [-0.25, -0.2) is 4.79 Å². The number of hydrogen-bond donors (Lipinski definition) is 1. The standard InChI is InChI=1S/C20H33N3O2/c1-22(2)17(24)20(12-6-7-13-20)15-21-18(25)23-14-8-11-19(16-23)9-4-3-5-10-19/h3-4H,5-16H2,1-2H3,(H,21,25). The Bertz CT molecular complexity index is 537. The SMILES string of the molecule is CN(C)C(=O)C1(CNC(=O)N2CCCC3(CC=CCC3)C2)CCCC1. The molecule has 0 radical (unpaired) electrons. The van der Waals surface area contributed by atoms with Crippen molar-refractivity contribution in [2.24, 2.45) is 10.8 Å². The van der Waals surface area contributed by atoms with E-state index in [-0.39, 0.29) is 22.8 Å². The summed E-state index contributed by atoms with van der Waals surface area (Å²) in [6.45, 7) is 2.18. The molecule has 2 fully saturated rings. The molecule has 5 nitrogen and oxygen atoms in total. The van der Waals surface area contributed by atoms with Crippen molar-refractivity contribution in [2.45, 2.75) is 57.8 Å². The Labute approximate surface area is 151 Å². The maximum atomic E-state index is 12.8. The van der Waals surface area contributed by atoms with Crippen LogP contribution in [0.5, 0.6) is 0 Å². The fourth-order valence-electron chi connectivity index (χ4n) is 5.04. The van der Waals surface area contributed by atoms with E-state index in [2.05, 4.69) is 17.5 Å². The highest BCUT2D eigenvalue weighted by Gasteiger charge is 2.43. The molecule has 3 rings (SSSR count). The minimum atomic E-state index is -0.389. The van der Waals surface area contributed by atoms with Gasteiger partial charge in [-0.1, -0.05) is 25.0 Å². The summed E-state index contributed by atoms with van der Waals surface area (Å²) in [5.74, 6) is 0.165. The Morgan fingerprint density at radius 1 is 1.08 bits per heavy atom. The molecule has 2 aliphatic carbocycles. The molecular weight excluding hydrogens is 314 g/mol. The second kappa shape index (κ2) is 7.38. The van der Waals surface area contributed by atoms with Crippen LogP contribution in [0, 0.1) is 10.8 Å². The lowest BCUT2D eigenvalue weighted by Crippen LogP contribution is -2.53. The first kappa shape index (κ1) is 18.3. The highest BCUT2D eigenvalue weighted by molar-refractivity contribution is 5.84. The van der Waals surface area contributed by atoms with Gasteiger partial charge in [0, 0.05) is 33.7 Å². The van der Waals surface area contributed by atoms with Gasteiger partial charge in [-0.3, -0.25) is 4.79 Å². The molecule has 1 heterocycles. The van der Waals surface area contributed by atoms with Crippen LogP contribution < -0.4 is 5.32 Å². The lowest BCUT2D eigenvalue weighted by Gasteiger charge is -2.44. The molecule has 5 heteroatoms. The maximum absolute atomic E-state index is 12.8. The van der Waals surface area contributed by atoms with Crippen LogP contribution in [0.3, 0.4) is 0 Å². The van der Waals surface area contributed by atoms with E-state index in [0.29, 0.717) is 6.54 Å². The van der Waals surface area contributed by atoms with Crippen LogP contribution in [0.4, 0.5) is 4.79 Å². The zero-order valence-corrected chi connectivity index (χ0v) is 15.9. The first-order valence-corrected chi connectivity index (χ1v) is 9.86. The van der Waals surface area contributed by atoms with Crippen LogP contribution >= 0.6 is 0 Å². The molecule has 0 aromatic heterocycles. The fraction of sp³-hybridized carbons (Fsp3) is 0.800. The van der Waals surface area contributed by atoms with Crippen molar-refractivity contribution in [2.75, 3.05) is 33.7 Å². The van der Waals surface area contributed by atoms with Crippen molar-refractivity contribution in [3.8, 4) is 0 Å². The Morgan fingerprint density at radius 3 is 2.48 bits per heavy atom. The normalized spacial score (nSPS) is 28.2. The molecule has 1 saturated carbocycles. The van der Waals surface area contributed by atoms with Gasteiger partial charge in [0.15, 0.2) is 0 Å². The molecule has 1 atom stereocenters. The number of piperidine rings is 1. The quantitative estimate of drug-likeness (QED) is 0.797. The Kier molecular flexibility index (Phi) is 5.40. The number of likely N-dealkylation sites (tertiary alicyclic amines) is 1. The van der Waals surface area contributed by atoms with Gasteiger partial charge in [0.25, 0.3) is 0 Å². The highest BCUT2D eigenvalue weighted by atomic mass is 16.2. The molecule has 1 spiro atoms. The number of rotatable bonds is 3. The predicted molar refractivity (Wildman–Crippen MR) is 99.2 cm³/mol. The number of carbonyl (C=O) groups is 2. The Hall–Kier alpha value is -1.52. The second-order valence-corrected chi connectivity index (χ2v) is 8.59. The Morgan fingerprint density at radius 2 is 1.84 bits per heavy atom. The number of carbonyl (C=O) groups excluding carboxylic acids is 2. The summed E-state index contributed by atoms with van der Waals surface area (Å²) >= 11 is 0. The molecular formula is C20H33N3O2. The van der Waals surface area contributed by atoms with E-state index in [0.717, 1.165) is 58.0 Å². The number of allylic oxidation sites excluding steroid dienone is 2. The van der Waals surface area contributed by atoms with E-state index in [9.17, 15) is 9.59 Å². The van der Waals surface area contributed by atoms with Crippen LogP contribution in [0.15, 0.2) is 12.2 Å². The summed E-state index contributed by atoms with van der Waals surface area (Å²) in [6, 6.07) is 0.0199. The van der Waals surface area contributed by atoms with Gasteiger partial charge < -0.3 is 15.1 Å². The third-order valence-corrected chi connectivity index (χ3v) is 6.51. The summed E-state index contributed by atoms with van der Waals surface area (Å²) in [6.07, 6.45) is 14.2. The van der Waals surface area contributed by atoms with Gasteiger partial charge in [-0.2, -0.15) is 0 Å². The highest BCUT2D eigenvalue weighted by Crippen LogP contribution is 2.41. The smallest absolute Gasteiger partial charge is 0.317 e. The van der Waals surface area contributed by atoms with E-state index in [4.69, 9.17) is 0 Å². The average Bonchev–Trinajstić information content (AvgIpc) is 3.09. The lowest BCUT2D eigenvalue weighted by atomic mass is 9.71. The largest absolute Gasteiger partial charge is 0.348 e. The molecule has 0 aromatic carbocycles. The summed E-state index contributed by atoms with van der Waals surface area (Å²) in [7, 11) is 3.63. The first-order chi connectivity index (χ1) is 12.0. The number of nitrogens with zero attached hydrogens (tertiary/aromatic N) is 2. The van der Waals surface area contributed by atoms with Gasteiger partial charge in [0.1, 0.15) is 0 Å². The van der Waals surface area contributed by atoms with E-state index < -0.39 is 0 Å². The van der Waals surface area contributed by atoms with Crippen molar-refractivity contribution in [1.82, 2.24) is 15.1 Å². The van der Waals surface area contributed by atoms with Crippen molar-refractivity contribution in [3.63, 3.8) is 0 Å². The van der Waals surface area contributed by atoms with Crippen molar-refractivity contribution >= 4 is 11.9 Å². The third kappa shape index (κ3) is 3.85. The average molecular weight is 348 g/mol. The van der Waals surface area contributed by atoms with E-state index in [1.54, 1.807) is 4.90 Å². The van der Waals surface area contributed by atoms with E-state index in [1.165, 1.54) is 12.8 Å². The third-order valence-electron chi connectivity index (χ3n) is 6.51. The van der Waals surface area contributed by atoms with Crippen LogP contribution in [-0.2, 0) is 4.79 Å². The molecule has 0 aromatic rings. The monoisotopic (exact) mass is 347 g/mol. The summed E-state index contributed by atoms with van der Waals surface area (Å²) in [5, 5.41) is 3.11. The van der Waals surface area contributed by atoms with Crippen molar-refractivity contribution in [1.29, 1.82) is 0 Å². The van der Waals surface area contributed by atoms with Crippen LogP contribution in [-0.4, -0.2) is 55.5 Å². The zero-order valence-electron chi connectivity index (χ0n) is 15.9. The maximum Gasteiger partial charge on any atom is 0.317 e. The fourth-order valence-corrected chi connectivity index (χ4v) is 5.04. The van der Waals surface area contributed by atoms with Crippen molar-refractivity contribution in [3.05, 3.63) is 12.2 Å². The topological polar surface area (TPSA) is 52.7 Å². The van der Waals surface area contributed by atoms with Gasteiger partial charge in [-0.15, -0.1) is 0 Å². The van der Waals surface area contributed by atoms with E-state index >= 15 is 0 Å². The molecule has 1 aliphatic heterocycles. The summed E-state index contributed by atoms with van der Waals surface area (Å²) < 4.78 is 0. The Balaban J connectivity index is 1.59. The number of nitrogens with one attached hydrogen (secondary N) is 1. The molecule has 1 unspecified atom stereocenters. The van der Waals surface area contributed by atoms with Gasteiger partial charge in [0.2, 0.25) is 5.91 Å². The molecule has 25 heavy (non-hydrogen) atoms. The number of amides is 3. The molecule has 1 saturated heterocycles. The zero-order chi connectivity index (χ0) is 17.9. The van der Waals surface area contributed by atoms with Crippen LogP contribution in [0.25, 0.3) is 0 Å².